The summed E-state index contributed by atoms with van der Waals surface area (Å²) >= 11 is 6.93. The molecule has 1 aromatic rings. The summed E-state index contributed by atoms with van der Waals surface area (Å²) in [6, 6.07) is 6.42. The Bertz CT molecular complexity index is 282. The van der Waals surface area contributed by atoms with Crippen LogP contribution in [-0.4, -0.2) is 0 Å². The van der Waals surface area contributed by atoms with Gasteiger partial charge in [-0.25, -0.2) is 0 Å². The van der Waals surface area contributed by atoms with Crippen LogP contribution in [0.25, 0.3) is 0 Å². The molecule has 78 valence electrons. The molecule has 0 aliphatic carbocycles. The smallest absolute Gasteiger partial charge is 0.0460 e. The SMILES string of the molecule is CCCC(NN)c1cc(Br)cc(Br)c1. The molecule has 2 nitrogen and oxygen atoms in total. The number of hydrogen-bond donors (Lipinski definition) is 2. The normalized spacial score (nSPS) is 12.9. The molecule has 1 aromatic carbocycles. The van der Waals surface area contributed by atoms with Gasteiger partial charge in [-0.05, 0) is 30.2 Å². The molecule has 0 radical (unpaired) electrons. The monoisotopic (exact) mass is 320 g/mol. The van der Waals surface area contributed by atoms with Gasteiger partial charge in [-0.2, -0.15) is 0 Å². The van der Waals surface area contributed by atoms with Gasteiger partial charge >= 0.3 is 0 Å². The number of nitrogens with two attached hydrogens (primary N) is 1. The summed E-state index contributed by atoms with van der Waals surface area (Å²) in [7, 11) is 0. The van der Waals surface area contributed by atoms with Crippen LogP contribution >= 0.6 is 31.9 Å². The zero-order valence-electron chi connectivity index (χ0n) is 8.06. The molecular formula is C10H14Br2N2. The standard InChI is InChI=1S/C10H14Br2N2/c1-2-3-10(14-13)7-4-8(11)6-9(12)5-7/h4-6,10,14H,2-3,13H2,1H3. The topological polar surface area (TPSA) is 38.0 Å². The first kappa shape index (κ1) is 12.2. The van der Waals surface area contributed by atoms with Crippen LogP contribution in [-0.2, 0) is 0 Å². The van der Waals surface area contributed by atoms with Gasteiger partial charge in [0.25, 0.3) is 0 Å². The minimum Gasteiger partial charge on any atom is -0.271 e. The molecule has 0 fully saturated rings. The summed E-state index contributed by atoms with van der Waals surface area (Å²) in [5, 5.41) is 0. The maximum Gasteiger partial charge on any atom is 0.0460 e. The number of hydrogen-bond acceptors (Lipinski definition) is 2. The maximum atomic E-state index is 5.51. The van der Waals surface area contributed by atoms with E-state index in [0.29, 0.717) is 0 Å². The lowest BCUT2D eigenvalue weighted by Crippen LogP contribution is -2.27. The van der Waals surface area contributed by atoms with Crippen LogP contribution in [0.4, 0.5) is 0 Å². The zero-order valence-corrected chi connectivity index (χ0v) is 11.2. The van der Waals surface area contributed by atoms with Crippen molar-refractivity contribution in [3.63, 3.8) is 0 Å². The molecular weight excluding hydrogens is 308 g/mol. The molecule has 0 heterocycles. The average Bonchev–Trinajstić information content (AvgIpc) is 2.12. The predicted molar refractivity (Wildman–Crippen MR) is 66.8 cm³/mol. The number of hydrazine groups is 1. The van der Waals surface area contributed by atoms with Gasteiger partial charge in [-0.15, -0.1) is 0 Å². The Morgan fingerprint density at radius 2 is 1.86 bits per heavy atom. The molecule has 4 heteroatoms. The first-order valence-corrected chi connectivity index (χ1v) is 6.18. The van der Waals surface area contributed by atoms with Crippen molar-refractivity contribution in [3.05, 3.63) is 32.7 Å². The predicted octanol–water partition coefficient (Wildman–Crippen LogP) is 3.52. The van der Waals surface area contributed by atoms with E-state index in [2.05, 4.69) is 56.3 Å². The third kappa shape index (κ3) is 3.35. The molecule has 0 aliphatic heterocycles. The van der Waals surface area contributed by atoms with Crippen molar-refractivity contribution < 1.29 is 0 Å². The summed E-state index contributed by atoms with van der Waals surface area (Å²) in [5.41, 5.74) is 4.04. The third-order valence-electron chi connectivity index (χ3n) is 2.07. The Balaban J connectivity index is 2.91. The van der Waals surface area contributed by atoms with E-state index >= 15 is 0 Å². The minimum absolute atomic E-state index is 0.230. The number of benzene rings is 1. The van der Waals surface area contributed by atoms with E-state index in [0.717, 1.165) is 21.8 Å². The van der Waals surface area contributed by atoms with Gasteiger partial charge in [0.1, 0.15) is 0 Å². The Labute approximate surface area is 101 Å². The largest absolute Gasteiger partial charge is 0.271 e. The van der Waals surface area contributed by atoms with E-state index in [1.54, 1.807) is 0 Å². The highest BCUT2D eigenvalue weighted by Crippen LogP contribution is 2.25. The molecule has 0 aromatic heterocycles. The zero-order chi connectivity index (χ0) is 10.6. The summed E-state index contributed by atoms with van der Waals surface area (Å²) in [4.78, 5) is 0. The Hall–Kier alpha value is 0.1000. The first-order valence-electron chi connectivity index (χ1n) is 4.59. The number of rotatable bonds is 4. The van der Waals surface area contributed by atoms with Crippen molar-refractivity contribution >= 4 is 31.9 Å². The van der Waals surface area contributed by atoms with E-state index in [-0.39, 0.29) is 6.04 Å². The molecule has 3 N–H and O–H groups in total. The highest BCUT2D eigenvalue weighted by molar-refractivity contribution is 9.11. The minimum atomic E-state index is 0.230. The van der Waals surface area contributed by atoms with Crippen LogP contribution in [0.5, 0.6) is 0 Å². The van der Waals surface area contributed by atoms with Gasteiger partial charge in [-0.1, -0.05) is 45.2 Å². The Kier molecular flexibility index (Phi) is 5.09. The van der Waals surface area contributed by atoms with Crippen molar-refractivity contribution in [3.8, 4) is 0 Å². The van der Waals surface area contributed by atoms with Crippen LogP contribution in [0.1, 0.15) is 31.4 Å². The van der Waals surface area contributed by atoms with Crippen molar-refractivity contribution in [1.82, 2.24) is 5.43 Å². The second kappa shape index (κ2) is 5.85. The van der Waals surface area contributed by atoms with Crippen molar-refractivity contribution in [2.45, 2.75) is 25.8 Å². The van der Waals surface area contributed by atoms with Gasteiger partial charge in [0.2, 0.25) is 0 Å². The van der Waals surface area contributed by atoms with Crippen molar-refractivity contribution in [2.75, 3.05) is 0 Å². The molecule has 0 bridgehead atoms. The van der Waals surface area contributed by atoms with Crippen LogP contribution in [0.15, 0.2) is 27.1 Å². The van der Waals surface area contributed by atoms with E-state index in [1.807, 2.05) is 6.07 Å². The van der Waals surface area contributed by atoms with Crippen molar-refractivity contribution in [1.29, 1.82) is 0 Å². The molecule has 0 aliphatic rings. The molecule has 1 atom stereocenters. The molecule has 0 saturated carbocycles. The van der Waals surface area contributed by atoms with Crippen LogP contribution in [0.2, 0.25) is 0 Å². The molecule has 1 rings (SSSR count). The van der Waals surface area contributed by atoms with Crippen LogP contribution < -0.4 is 11.3 Å². The van der Waals surface area contributed by atoms with Gasteiger partial charge in [0.05, 0.1) is 0 Å². The van der Waals surface area contributed by atoms with Crippen molar-refractivity contribution in [2.24, 2.45) is 5.84 Å². The van der Waals surface area contributed by atoms with E-state index < -0.39 is 0 Å². The van der Waals surface area contributed by atoms with Crippen LogP contribution in [0, 0.1) is 0 Å². The molecule has 0 spiro atoms. The third-order valence-corrected chi connectivity index (χ3v) is 2.98. The Morgan fingerprint density at radius 1 is 1.29 bits per heavy atom. The fraction of sp³-hybridized carbons (Fsp3) is 0.400. The number of nitrogens with one attached hydrogen (secondary N) is 1. The van der Waals surface area contributed by atoms with Gasteiger partial charge < -0.3 is 0 Å². The first-order chi connectivity index (χ1) is 6.67. The number of halogens is 2. The highest BCUT2D eigenvalue weighted by atomic mass is 79.9. The lowest BCUT2D eigenvalue weighted by molar-refractivity contribution is 0.510. The van der Waals surface area contributed by atoms with Gasteiger partial charge in [0, 0.05) is 15.0 Å². The molecule has 0 amide bonds. The summed E-state index contributed by atoms with van der Waals surface area (Å²) in [5.74, 6) is 5.51. The van der Waals surface area contributed by atoms with E-state index in [1.165, 1.54) is 5.56 Å². The fourth-order valence-corrected chi connectivity index (χ4v) is 2.74. The van der Waals surface area contributed by atoms with Gasteiger partial charge in [0.15, 0.2) is 0 Å². The quantitative estimate of drug-likeness (QED) is 0.658. The Morgan fingerprint density at radius 3 is 2.29 bits per heavy atom. The summed E-state index contributed by atoms with van der Waals surface area (Å²) in [6.07, 6.45) is 2.15. The van der Waals surface area contributed by atoms with Crippen LogP contribution in [0.3, 0.4) is 0 Å². The molecule has 14 heavy (non-hydrogen) atoms. The van der Waals surface area contributed by atoms with E-state index in [9.17, 15) is 0 Å². The van der Waals surface area contributed by atoms with E-state index in [4.69, 9.17) is 5.84 Å². The lowest BCUT2D eigenvalue weighted by atomic mass is 10.0. The summed E-state index contributed by atoms with van der Waals surface area (Å²) < 4.78 is 2.14. The average molecular weight is 322 g/mol. The second-order valence-electron chi connectivity index (χ2n) is 3.21. The fourth-order valence-electron chi connectivity index (χ4n) is 1.41. The summed E-state index contributed by atoms with van der Waals surface area (Å²) in [6.45, 7) is 2.15. The second-order valence-corrected chi connectivity index (χ2v) is 5.04. The highest BCUT2D eigenvalue weighted by Gasteiger charge is 2.09. The lowest BCUT2D eigenvalue weighted by Gasteiger charge is -2.15. The van der Waals surface area contributed by atoms with Gasteiger partial charge in [-0.3, -0.25) is 11.3 Å². The molecule has 0 saturated heterocycles. The maximum absolute atomic E-state index is 5.51. The molecule has 1 unspecified atom stereocenters.